The molecule has 126 valence electrons. The molecule has 0 fully saturated rings. The van der Waals surface area contributed by atoms with E-state index in [0.29, 0.717) is 22.4 Å². The number of anilines is 1. The van der Waals surface area contributed by atoms with E-state index in [1.807, 2.05) is 36.4 Å². The Kier molecular flexibility index (Phi) is 6.39. The summed E-state index contributed by atoms with van der Waals surface area (Å²) < 4.78 is 16.0. The first-order valence-corrected chi connectivity index (χ1v) is 7.54. The average molecular weight is 345 g/mol. The van der Waals surface area contributed by atoms with E-state index in [1.54, 1.807) is 33.6 Å². The largest absolute Gasteiger partial charge is 0.493 e. The first-order chi connectivity index (χ1) is 11.7. The maximum Gasteiger partial charge on any atom is 0.203 e. The molecule has 2 N–H and O–H groups in total. The fraction of sp³-hybridized carbons (Fsp3) is 0.176. The van der Waals surface area contributed by atoms with E-state index >= 15 is 0 Å². The molecule has 0 saturated carbocycles. The summed E-state index contributed by atoms with van der Waals surface area (Å²) in [6.07, 6.45) is 1.60. The molecular weight excluding hydrogens is 326 g/mol. The van der Waals surface area contributed by atoms with Gasteiger partial charge in [-0.25, -0.2) is 0 Å². The van der Waals surface area contributed by atoms with Crippen LogP contribution in [-0.2, 0) is 0 Å². The van der Waals surface area contributed by atoms with Gasteiger partial charge < -0.3 is 19.5 Å². The van der Waals surface area contributed by atoms with E-state index < -0.39 is 0 Å². The highest BCUT2D eigenvalue weighted by Gasteiger charge is 2.14. The molecule has 0 saturated heterocycles. The molecule has 2 rings (SSSR count). The minimum absolute atomic E-state index is 0.386. The number of nitrogens with zero attached hydrogens (tertiary/aromatic N) is 1. The summed E-state index contributed by atoms with van der Waals surface area (Å²) in [5, 5.41) is 7.54. The second kappa shape index (κ2) is 8.73. The lowest BCUT2D eigenvalue weighted by atomic mass is 10.2. The van der Waals surface area contributed by atoms with Crippen LogP contribution < -0.4 is 25.0 Å². The minimum atomic E-state index is 0.386. The fourth-order valence-corrected chi connectivity index (χ4v) is 2.24. The summed E-state index contributed by atoms with van der Waals surface area (Å²) >= 11 is 5.19. The third kappa shape index (κ3) is 4.36. The molecule has 6 nitrogen and oxygen atoms in total. The number of hydrogen-bond donors (Lipinski definition) is 2. The summed E-state index contributed by atoms with van der Waals surface area (Å²) in [5.74, 6) is 1.62. The first kappa shape index (κ1) is 17.6. The molecule has 0 aliphatic heterocycles. The quantitative estimate of drug-likeness (QED) is 0.477. The molecule has 24 heavy (non-hydrogen) atoms. The summed E-state index contributed by atoms with van der Waals surface area (Å²) in [5.41, 5.74) is 4.37. The van der Waals surface area contributed by atoms with Gasteiger partial charge >= 0.3 is 0 Å². The Balaban J connectivity index is 2.07. The van der Waals surface area contributed by atoms with Crippen LogP contribution in [0.2, 0.25) is 0 Å². The molecule has 0 amide bonds. The van der Waals surface area contributed by atoms with Crippen LogP contribution in [0.1, 0.15) is 5.56 Å². The molecule has 0 heterocycles. The molecule has 0 radical (unpaired) electrons. The van der Waals surface area contributed by atoms with Crippen molar-refractivity contribution in [3.8, 4) is 17.2 Å². The number of hydrogen-bond acceptors (Lipinski definition) is 5. The van der Waals surface area contributed by atoms with Crippen molar-refractivity contribution in [1.29, 1.82) is 0 Å². The Labute approximate surface area is 146 Å². The van der Waals surface area contributed by atoms with Crippen LogP contribution in [-0.4, -0.2) is 32.7 Å². The van der Waals surface area contributed by atoms with Gasteiger partial charge in [-0.15, -0.1) is 0 Å². The third-order valence-electron chi connectivity index (χ3n) is 3.14. The fourth-order valence-electron chi connectivity index (χ4n) is 2.07. The molecule has 0 bridgehead atoms. The van der Waals surface area contributed by atoms with E-state index in [0.717, 1.165) is 11.3 Å². The number of thiocarbonyl (C=S) groups is 1. The van der Waals surface area contributed by atoms with E-state index in [4.69, 9.17) is 26.4 Å². The molecule has 2 aromatic rings. The van der Waals surface area contributed by atoms with Crippen LogP contribution in [0.25, 0.3) is 0 Å². The predicted octanol–water partition coefficient (Wildman–Crippen LogP) is 3.03. The highest BCUT2D eigenvalue weighted by Crippen LogP contribution is 2.38. The van der Waals surface area contributed by atoms with Gasteiger partial charge in [0.15, 0.2) is 16.6 Å². The maximum absolute atomic E-state index is 5.39. The lowest BCUT2D eigenvalue weighted by Crippen LogP contribution is -2.23. The Morgan fingerprint density at radius 3 is 2.29 bits per heavy atom. The summed E-state index contributed by atoms with van der Waals surface area (Å²) in [6, 6.07) is 13.2. The molecule has 0 aliphatic rings. The van der Waals surface area contributed by atoms with E-state index in [1.165, 1.54) is 0 Å². The number of nitrogens with one attached hydrogen (secondary N) is 2. The van der Waals surface area contributed by atoms with Crippen LogP contribution in [0.5, 0.6) is 17.2 Å². The van der Waals surface area contributed by atoms with Crippen molar-refractivity contribution in [2.24, 2.45) is 5.10 Å². The number of rotatable bonds is 6. The van der Waals surface area contributed by atoms with Gasteiger partial charge in [-0.2, -0.15) is 5.10 Å². The Hall–Kier alpha value is -2.80. The van der Waals surface area contributed by atoms with Crippen molar-refractivity contribution in [3.05, 3.63) is 48.0 Å². The van der Waals surface area contributed by atoms with Crippen LogP contribution in [0.15, 0.2) is 47.6 Å². The topological polar surface area (TPSA) is 64.1 Å². The van der Waals surface area contributed by atoms with Crippen LogP contribution >= 0.6 is 12.2 Å². The van der Waals surface area contributed by atoms with Gasteiger partial charge in [-0.1, -0.05) is 18.2 Å². The monoisotopic (exact) mass is 345 g/mol. The smallest absolute Gasteiger partial charge is 0.203 e. The molecule has 0 atom stereocenters. The number of ether oxygens (including phenoxy) is 3. The SMILES string of the molecule is COc1ccc(C=NNC(=S)Nc2ccccc2)c(OC)c1OC. The number of hydrazone groups is 1. The van der Waals surface area contributed by atoms with Crippen molar-refractivity contribution in [1.82, 2.24) is 5.43 Å². The molecule has 0 spiro atoms. The molecular formula is C17H19N3O3S. The summed E-state index contributed by atoms with van der Waals surface area (Å²) in [7, 11) is 4.68. The summed E-state index contributed by atoms with van der Waals surface area (Å²) in [4.78, 5) is 0. The standard InChI is InChI=1S/C17H19N3O3S/c1-21-14-10-9-12(15(22-2)16(14)23-3)11-18-20-17(24)19-13-7-5-4-6-8-13/h4-11H,1-3H3,(H2,19,20,24). The van der Waals surface area contributed by atoms with Gasteiger partial charge in [0.05, 0.1) is 27.5 Å². The van der Waals surface area contributed by atoms with Crippen molar-refractivity contribution in [3.63, 3.8) is 0 Å². The lowest BCUT2D eigenvalue weighted by Gasteiger charge is -2.13. The van der Waals surface area contributed by atoms with Gasteiger partial charge in [0.2, 0.25) is 5.75 Å². The average Bonchev–Trinajstić information content (AvgIpc) is 2.61. The highest BCUT2D eigenvalue weighted by atomic mass is 32.1. The minimum Gasteiger partial charge on any atom is -0.493 e. The highest BCUT2D eigenvalue weighted by molar-refractivity contribution is 7.80. The zero-order valence-electron chi connectivity index (χ0n) is 13.7. The van der Waals surface area contributed by atoms with Crippen molar-refractivity contribution in [2.45, 2.75) is 0 Å². The van der Waals surface area contributed by atoms with Crippen LogP contribution in [0.3, 0.4) is 0 Å². The molecule has 7 heteroatoms. The second-order valence-electron chi connectivity index (χ2n) is 4.61. The molecule has 2 aromatic carbocycles. The Bertz CT molecular complexity index is 721. The van der Waals surface area contributed by atoms with Gasteiger partial charge in [-0.3, -0.25) is 5.43 Å². The van der Waals surface area contributed by atoms with Gasteiger partial charge in [0.1, 0.15) is 0 Å². The number of benzene rings is 2. The van der Waals surface area contributed by atoms with E-state index in [9.17, 15) is 0 Å². The molecule has 0 aliphatic carbocycles. The van der Waals surface area contributed by atoms with E-state index in [-0.39, 0.29) is 0 Å². The van der Waals surface area contributed by atoms with Gasteiger partial charge in [0, 0.05) is 11.3 Å². The first-order valence-electron chi connectivity index (χ1n) is 7.13. The third-order valence-corrected chi connectivity index (χ3v) is 3.33. The normalized spacial score (nSPS) is 10.3. The van der Waals surface area contributed by atoms with Crippen molar-refractivity contribution < 1.29 is 14.2 Å². The second-order valence-corrected chi connectivity index (χ2v) is 5.02. The van der Waals surface area contributed by atoms with Crippen molar-refractivity contribution >= 4 is 29.2 Å². The van der Waals surface area contributed by atoms with E-state index in [2.05, 4.69) is 15.8 Å². The molecule has 0 unspecified atom stereocenters. The zero-order chi connectivity index (χ0) is 17.4. The summed E-state index contributed by atoms with van der Waals surface area (Å²) in [6.45, 7) is 0. The Morgan fingerprint density at radius 2 is 1.67 bits per heavy atom. The van der Waals surface area contributed by atoms with Gasteiger partial charge in [-0.05, 0) is 36.5 Å². The zero-order valence-corrected chi connectivity index (χ0v) is 14.5. The van der Waals surface area contributed by atoms with Crippen LogP contribution in [0, 0.1) is 0 Å². The maximum atomic E-state index is 5.39. The lowest BCUT2D eigenvalue weighted by molar-refractivity contribution is 0.324. The Morgan fingerprint density at radius 1 is 0.958 bits per heavy atom. The van der Waals surface area contributed by atoms with Gasteiger partial charge in [0.25, 0.3) is 0 Å². The molecule has 0 aromatic heterocycles. The van der Waals surface area contributed by atoms with Crippen LogP contribution in [0.4, 0.5) is 5.69 Å². The number of methoxy groups -OCH3 is 3. The predicted molar refractivity (Wildman–Crippen MR) is 99.5 cm³/mol. The van der Waals surface area contributed by atoms with Crippen molar-refractivity contribution in [2.75, 3.05) is 26.6 Å². The number of para-hydroxylation sites is 1.